The van der Waals surface area contributed by atoms with Gasteiger partial charge in [-0.05, 0) is 50.2 Å². The Morgan fingerprint density at radius 1 is 1.06 bits per heavy atom. The first-order chi connectivity index (χ1) is 15.4. The minimum absolute atomic E-state index is 0.0159. The fraction of sp³-hybridized carbons (Fsp3) is 0.174. The number of hydrogen-bond donors (Lipinski definition) is 1. The maximum absolute atomic E-state index is 13.4. The number of hydrogen-bond acceptors (Lipinski definition) is 7. The average Bonchev–Trinajstić information content (AvgIpc) is 3.15. The molecule has 9 heteroatoms. The lowest BCUT2D eigenvalue weighted by Gasteiger charge is -2.17. The lowest BCUT2D eigenvalue weighted by Crippen LogP contribution is -2.15. The molecule has 0 atom stereocenters. The lowest BCUT2D eigenvalue weighted by molar-refractivity contribution is 0.103. The Labute approximate surface area is 184 Å². The van der Waals surface area contributed by atoms with Gasteiger partial charge in [0, 0.05) is 35.5 Å². The summed E-state index contributed by atoms with van der Waals surface area (Å²) in [6, 6.07) is 11.2. The number of aromatic nitrogens is 3. The summed E-state index contributed by atoms with van der Waals surface area (Å²) in [6.45, 7) is 2.93. The number of aryl methyl sites for hydroxylation is 2. The summed E-state index contributed by atoms with van der Waals surface area (Å²) in [7, 11) is -4.14. The number of rotatable bonds is 6. The first kappa shape index (κ1) is 20.3. The molecule has 0 radical (unpaired) electrons. The number of nitrogens with zero attached hydrogens (tertiary/aromatic N) is 3. The number of benzene rings is 2. The second kappa shape index (κ2) is 7.54. The molecule has 0 bridgehead atoms. The van der Waals surface area contributed by atoms with Crippen molar-refractivity contribution in [3.63, 3.8) is 0 Å². The van der Waals surface area contributed by atoms with Gasteiger partial charge in [-0.3, -0.25) is 14.5 Å². The van der Waals surface area contributed by atoms with Crippen LogP contribution in [0, 0.1) is 6.92 Å². The van der Waals surface area contributed by atoms with Crippen molar-refractivity contribution < 1.29 is 17.4 Å². The Hall–Kier alpha value is -3.56. The lowest BCUT2D eigenvalue weighted by atomic mass is 9.88. The Bertz CT molecular complexity index is 1470. The van der Waals surface area contributed by atoms with Crippen LogP contribution >= 0.6 is 0 Å². The van der Waals surface area contributed by atoms with E-state index in [0.717, 1.165) is 5.56 Å². The van der Waals surface area contributed by atoms with Crippen molar-refractivity contribution >= 4 is 26.8 Å². The largest absolute Gasteiger partial charge is 0.378 e. The molecule has 0 unspecified atom stereocenters. The summed E-state index contributed by atoms with van der Waals surface area (Å²) in [5.74, 6) is -0.349. The zero-order valence-electron chi connectivity index (χ0n) is 17.3. The van der Waals surface area contributed by atoms with E-state index in [1.54, 1.807) is 35.1 Å². The fourth-order valence-electron chi connectivity index (χ4n) is 3.93. The molecule has 0 spiro atoms. The van der Waals surface area contributed by atoms with Crippen LogP contribution in [0.1, 0.15) is 27.9 Å². The summed E-state index contributed by atoms with van der Waals surface area (Å²) in [4.78, 5) is 17.6. The molecular weight excluding hydrogens is 428 g/mol. The number of ketones is 1. The van der Waals surface area contributed by atoms with E-state index >= 15 is 0 Å². The summed E-state index contributed by atoms with van der Waals surface area (Å²) < 4.78 is 33.2. The maximum atomic E-state index is 13.4. The van der Waals surface area contributed by atoms with Gasteiger partial charge in [0.1, 0.15) is 10.6 Å². The van der Waals surface area contributed by atoms with Gasteiger partial charge in [-0.25, -0.2) is 0 Å². The highest BCUT2D eigenvalue weighted by Crippen LogP contribution is 2.43. The molecule has 32 heavy (non-hydrogen) atoms. The Morgan fingerprint density at radius 2 is 1.84 bits per heavy atom. The highest BCUT2D eigenvalue weighted by atomic mass is 32.2. The van der Waals surface area contributed by atoms with E-state index in [1.807, 2.05) is 6.92 Å². The Balaban J connectivity index is 1.71. The van der Waals surface area contributed by atoms with Gasteiger partial charge in [0.15, 0.2) is 11.5 Å². The number of carbonyl (C=O) groups excluding carboxylic acids is 1. The smallest absolute Gasteiger partial charge is 0.339 e. The molecule has 2 aromatic carbocycles. The second-order valence-electron chi connectivity index (χ2n) is 7.65. The van der Waals surface area contributed by atoms with Gasteiger partial charge in [-0.15, -0.1) is 0 Å². The standard InChI is InChI=1S/C23H20N4O4S/c1-14-3-5-15(6-4-14)32(29,30)31-19-8-7-18-20-21(19)23(28)16-9-11-25-13-17(16)22(20)26-27(18)12-2-10-24/h3-9,11,13H,2,10,12,24H2,1H3. The minimum atomic E-state index is -4.14. The van der Waals surface area contributed by atoms with Crippen molar-refractivity contribution in [3.8, 4) is 17.0 Å². The van der Waals surface area contributed by atoms with E-state index in [0.29, 0.717) is 47.2 Å². The van der Waals surface area contributed by atoms with Gasteiger partial charge >= 0.3 is 10.1 Å². The quantitative estimate of drug-likeness (QED) is 0.397. The van der Waals surface area contributed by atoms with Crippen LogP contribution in [0.2, 0.25) is 0 Å². The first-order valence-corrected chi connectivity index (χ1v) is 11.6. The van der Waals surface area contributed by atoms with Gasteiger partial charge < -0.3 is 9.92 Å². The molecule has 0 amide bonds. The van der Waals surface area contributed by atoms with Gasteiger partial charge in [0.05, 0.1) is 11.1 Å². The van der Waals surface area contributed by atoms with E-state index in [9.17, 15) is 13.2 Å². The van der Waals surface area contributed by atoms with E-state index in [4.69, 9.17) is 15.0 Å². The Morgan fingerprint density at radius 3 is 2.59 bits per heavy atom. The topological polar surface area (TPSA) is 117 Å². The molecule has 2 aromatic heterocycles. The number of pyridine rings is 1. The third-order valence-corrected chi connectivity index (χ3v) is 6.76. The molecular formula is C23H20N4O4S. The third kappa shape index (κ3) is 3.17. The van der Waals surface area contributed by atoms with E-state index in [2.05, 4.69) is 4.98 Å². The second-order valence-corrected chi connectivity index (χ2v) is 9.19. The van der Waals surface area contributed by atoms with Crippen molar-refractivity contribution in [2.75, 3.05) is 6.54 Å². The van der Waals surface area contributed by atoms with Gasteiger partial charge in [0.25, 0.3) is 0 Å². The highest BCUT2D eigenvalue weighted by molar-refractivity contribution is 7.87. The SMILES string of the molecule is Cc1ccc(S(=O)(=O)Oc2ccc3c4c(nn3CCCN)-c3cnccc3C(=O)c24)cc1. The van der Waals surface area contributed by atoms with Crippen molar-refractivity contribution in [1.29, 1.82) is 0 Å². The summed E-state index contributed by atoms with van der Waals surface area (Å²) in [5.41, 5.74) is 9.09. The van der Waals surface area contributed by atoms with E-state index in [1.165, 1.54) is 24.4 Å². The van der Waals surface area contributed by atoms with Crippen molar-refractivity contribution in [1.82, 2.24) is 14.8 Å². The van der Waals surface area contributed by atoms with Crippen LogP contribution in [0.3, 0.4) is 0 Å². The molecule has 0 fully saturated rings. The third-order valence-electron chi connectivity index (χ3n) is 5.51. The zero-order chi connectivity index (χ0) is 22.5. The summed E-state index contributed by atoms with van der Waals surface area (Å²) >= 11 is 0. The molecule has 0 aliphatic heterocycles. The van der Waals surface area contributed by atoms with Crippen LogP contribution in [-0.4, -0.2) is 35.5 Å². The molecule has 162 valence electrons. The molecule has 2 N–H and O–H groups in total. The molecule has 5 rings (SSSR count). The van der Waals surface area contributed by atoms with Gasteiger partial charge in [0.2, 0.25) is 0 Å². The molecule has 1 aliphatic carbocycles. The summed E-state index contributed by atoms with van der Waals surface area (Å²) in [6.07, 6.45) is 3.83. The highest BCUT2D eigenvalue weighted by Gasteiger charge is 2.33. The molecule has 0 saturated heterocycles. The average molecular weight is 449 g/mol. The van der Waals surface area contributed by atoms with Gasteiger partial charge in [-0.2, -0.15) is 13.5 Å². The van der Waals surface area contributed by atoms with E-state index in [-0.39, 0.29) is 22.0 Å². The molecule has 4 aromatic rings. The van der Waals surface area contributed by atoms with E-state index < -0.39 is 10.1 Å². The summed E-state index contributed by atoms with van der Waals surface area (Å²) in [5, 5.41) is 5.26. The monoisotopic (exact) mass is 448 g/mol. The van der Waals surface area contributed by atoms with Crippen LogP contribution in [0.25, 0.3) is 22.2 Å². The maximum Gasteiger partial charge on any atom is 0.339 e. The predicted octanol–water partition coefficient (Wildman–Crippen LogP) is 3.07. The van der Waals surface area contributed by atoms with Crippen LogP contribution in [0.4, 0.5) is 0 Å². The predicted molar refractivity (Wildman–Crippen MR) is 119 cm³/mol. The van der Waals surface area contributed by atoms with Crippen LogP contribution < -0.4 is 9.92 Å². The normalized spacial score (nSPS) is 12.8. The van der Waals surface area contributed by atoms with Gasteiger partial charge in [-0.1, -0.05) is 17.7 Å². The molecule has 1 aliphatic rings. The molecule has 0 saturated carbocycles. The number of carbonyl (C=O) groups is 1. The fourth-order valence-corrected chi connectivity index (χ4v) is 4.87. The van der Waals surface area contributed by atoms with Crippen molar-refractivity contribution in [3.05, 3.63) is 71.5 Å². The van der Waals surface area contributed by atoms with Crippen LogP contribution in [-0.2, 0) is 16.7 Å². The van der Waals surface area contributed by atoms with Crippen molar-refractivity contribution in [2.45, 2.75) is 24.8 Å². The van der Waals surface area contributed by atoms with Crippen molar-refractivity contribution in [2.24, 2.45) is 5.73 Å². The molecule has 8 nitrogen and oxygen atoms in total. The number of fused-ring (bicyclic) bond motifs is 2. The number of nitrogens with two attached hydrogens (primary N) is 1. The van der Waals surface area contributed by atoms with Crippen LogP contribution in [0.5, 0.6) is 5.75 Å². The van der Waals surface area contributed by atoms with Crippen LogP contribution in [0.15, 0.2) is 59.8 Å². The molecule has 2 heterocycles. The minimum Gasteiger partial charge on any atom is -0.378 e. The Kier molecular flexibility index (Phi) is 4.79. The first-order valence-electron chi connectivity index (χ1n) is 10.1. The zero-order valence-corrected chi connectivity index (χ0v) is 18.1.